The number of amides is 2. The Morgan fingerprint density at radius 2 is 1.96 bits per heavy atom. The molecule has 1 aliphatic rings. The molecule has 142 valence electrons. The van der Waals surface area contributed by atoms with Crippen LogP contribution in [0.5, 0.6) is 11.5 Å². The maximum Gasteiger partial charge on any atom is 0.337 e. The monoisotopic (exact) mass is 362 g/mol. The van der Waals surface area contributed by atoms with E-state index < -0.39 is 12.0 Å². The van der Waals surface area contributed by atoms with Crippen LogP contribution in [0.3, 0.4) is 0 Å². The van der Waals surface area contributed by atoms with Crippen molar-refractivity contribution in [2.45, 2.75) is 45.8 Å². The summed E-state index contributed by atoms with van der Waals surface area (Å²) >= 11 is 0. The highest BCUT2D eigenvalue weighted by Gasteiger charge is 2.33. The van der Waals surface area contributed by atoms with Crippen molar-refractivity contribution < 1.29 is 23.8 Å². The van der Waals surface area contributed by atoms with Crippen molar-refractivity contribution in [1.82, 2.24) is 10.6 Å². The van der Waals surface area contributed by atoms with Crippen molar-refractivity contribution in [2.24, 2.45) is 0 Å². The third kappa shape index (κ3) is 4.28. The van der Waals surface area contributed by atoms with Crippen LogP contribution in [0.15, 0.2) is 29.5 Å². The van der Waals surface area contributed by atoms with Gasteiger partial charge in [-0.2, -0.15) is 0 Å². The second kappa shape index (κ2) is 8.60. The maximum absolute atomic E-state index is 12.4. The predicted octanol–water partition coefficient (Wildman–Crippen LogP) is 3.06. The Bertz CT molecular complexity index is 712. The molecule has 1 heterocycles. The Kier molecular flexibility index (Phi) is 6.49. The number of allylic oxidation sites excluding steroid dienone is 1. The van der Waals surface area contributed by atoms with Crippen molar-refractivity contribution in [2.75, 3.05) is 14.2 Å². The minimum absolute atomic E-state index is 0.0481. The third-order valence-electron chi connectivity index (χ3n) is 3.94. The fourth-order valence-corrected chi connectivity index (χ4v) is 2.89. The molecule has 2 N–H and O–H groups in total. The molecule has 0 radical (unpaired) electrons. The number of nitrogens with one attached hydrogen (secondary N) is 2. The second-order valence-corrected chi connectivity index (χ2v) is 6.24. The molecular weight excluding hydrogens is 336 g/mol. The van der Waals surface area contributed by atoms with Crippen LogP contribution < -0.4 is 20.1 Å². The standard InChI is InChI=1S/C19H26N2O5/c1-6-7-13-16(18(22)25-5)17(21-19(23)20-13)12-8-9-14(24-4)15(10-12)26-11(2)3/h8-11,17H,6-7H2,1-5H3,(H2,20,21,23). The molecule has 7 nitrogen and oxygen atoms in total. The van der Waals surface area contributed by atoms with Gasteiger partial charge in [0.15, 0.2) is 11.5 Å². The molecule has 0 saturated carbocycles. The molecule has 1 aromatic rings. The smallest absolute Gasteiger partial charge is 0.337 e. The van der Waals surface area contributed by atoms with Crippen LogP contribution in [-0.4, -0.2) is 32.3 Å². The van der Waals surface area contributed by atoms with Crippen LogP contribution in [0, 0.1) is 0 Å². The number of carbonyl (C=O) groups excluding carboxylic acids is 2. The quantitative estimate of drug-likeness (QED) is 0.728. The molecule has 0 aliphatic carbocycles. The van der Waals surface area contributed by atoms with Gasteiger partial charge in [0.2, 0.25) is 0 Å². The summed E-state index contributed by atoms with van der Waals surface area (Å²) in [6, 6.07) is 4.36. The van der Waals surface area contributed by atoms with Crippen LogP contribution in [0.2, 0.25) is 0 Å². The number of carbonyl (C=O) groups is 2. The van der Waals surface area contributed by atoms with E-state index in [0.717, 1.165) is 6.42 Å². The van der Waals surface area contributed by atoms with E-state index in [4.69, 9.17) is 14.2 Å². The lowest BCUT2D eigenvalue weighted by Gasteiger charge is -2.29. The van der Waals surface area contributed by atoms with Gasteiger partial charge in [0.25, 0.3) is 0 Å². The van der Waals surface area contributed by atoms with E-state index in [1.165, 1.54) is 7.11 Å². The average molecular weight is 362 g/mol. The molecule has 0 saturated heterocycles. The van der Waals surface area contributed by atoms with Gasteiger partial charge in [-0.15, -0.1) is 0 Å². The van der Waals surface area contributed by atoms with Crippen molar-refractivity contribution >= 4 is 12.0 Å². The van der Waals surface area contributed by atoms with Gasteiger partial charge in [0, 0.05) is 5.70 Å². The lowest BCUT2D eigenvalue weighted by Crippen LogP contribution is -2.45. The highest BCUT2D eigenvalue weighted by atomic mass is 16.5. The number of benzene rings is 1. The van der Waals surface area contributed by atoms with Crippen LogP contribution in [0.25, 0.3) is 0 Å². The number of urea groups is 1. The Balaban J connectivity index is 2.54. The van der Waals surface area contributed by atoms with Crippen LogP contribution in [-0.2, 0) is 9.53 Å². The number of hydrogen-bond acceptors (Lipinski definition) is 5. The summed E-state index contributed by atoms with van der Waals surface area (Å²) in [7, 11) is 2.89. The molecule has 0 bridgehead atoms. The largest absolute Gasteiger partial charge is 0.493 e. The van der Waals surface area contributed by atoms with E-state index in [-0.39, 0.29) is 12.1 Å². The molecule has 1 aliphatic heterocycles. The van der Waals surface area contributed by atoms with E-state index in [9.17, 15) is 9.59 Å². The van der Waals surface area contributed by atoms with Gasteiger partial charge in [-0.1, -0.05) is 19.4 Å². The summed E-state index contributed by atoms with van der Waals surface area (Å²) in [5.41, 5.74) is 1.69. The van der Waals surface area contributed by atoms with Gasteiger partial charge in [-0.3, -0.25) is 0 Å². The van der Waals surface area contributed by atoms with Gasteiger partial charge in [0.05, 0.1) is 31.9 Å². The molecule has 1 atom stereocenters. The third-order valence-corrected chi connectivity index (χ3v) is 3.94. The SMILES string of the molecule is CCCC1=C(C(=O)OC)C(c2ccc(OC)c(OC(C)C)c2)NC(=O)N1. The van der Waals surface area contributed by atoms with Gasteiger partial charge in [-0.05, 0) is 38.0 Å². The number of hydrogen-bond donors (Lipinski definition) is 2. The number of ether oxygens (including phenoxy) is 3. The lowest BCUT2D eigenvalue weighted by atomic mass is 9.93. The Morgan fingerprint density at radius 3 is 2.54 bits per heavy atom. The van der Waals surface area contributed by atoms with E-state index in [2.05, 4.69) is 10.6 Å². The van der Waals surface area contributed by atoms with Gasteiger partial charge < -0.3 is 24.8 Å². The molecule has 1 unspecified atom stereocenters. The summed E-state index contributed by atoms with van der Waals surface area (Å²) in [5, 5.41) is 5.52. The van der Waals surface area contributed by atoms with E-state index in [1.807, 2.05) is 20.8 Å². The highest BCUT2D eigenvalue weighted by Crippen LogP contribution is 2.35. The van der Waals surface area contributed by atoms with Gasteiger partial charge >= 0.3 is 12.0 Å². The fourth-order valence-electron chi connectivity index (χ4n) is 2.89. The summed E-state index contributed by atoms with van der Waals surface area (Å²) in [6.07, 6.45) is 1.31. The zero-order valence-electron chi connectivity index (χ0n) is 15.8. The molecule has 0 aromatic heterocycles. The first kappa shape index (κ1) is 19.6. The van der Waals surface area contributed by atoms with Crippen molar-refractivity contribution in [3.63, 3.8) is 0 Å². The summed E-state index contributed by atoms with van der Waals surface area (Å²) in [5.74, 6) is 0.655. The minimum atomic E-state index is -0.627. The van der Waals surface area contributed by atoms with E-state index in [0.29, 0.717) is 34.8 Å². The summed E-state index contributed by atoms with van der Waals surface area (Å²) < 4.78 is 16.1. The molecule has 0 fully saturated rings. The van der Waals surface area contributed by atoms with Crippen molar-refractivity contribution in [3.8, 4) is 11.5 Å². The van der Waals surface area contributed by atoms with Gasteiger partial charge in [-0.25, -0.2) is 9.59 Å². The lowest BCUT2D eigenvalue weighted by molar-refractivity contribution is -0.136. The predicted molar refractivity (Wildman–Crippen MR) is 97.1 cm³/mol. The zero-order valence-corrected chi connectivity index (χ0v) is 15.8. The molecule has 7 heteroatoms. The van der Waals surface area contributed by atoms with Crippen LogP contribution >= 0.6 is 0 Å². The molecule has 0 spiro atoms. The summed E-state index contributed by atoms with van der Waals surface area (Å²) in [4.78, 5) is 24.5. The fraction of sp³-hybridized carbons (Fsp3) is 0.474. The normalized spacial score (nSPS) is 16.8. The first-order valence-corrected chi connectivity index (χ1v) is 8.64. The van der Waals surface area contributed by atoms with Crippen LogP contribution in [0.4, 0.5) is 4.79 Å². The second-order valence-electron chi connectivity index (χ2n) is 6.24. The molecule has 2 amide bonds. The topological polar surface area (TPSA) is 85.9 Å². The van der Waals surface area contributed by atoms with Crippen molar-refractivity contribution in [1.29, 1.82) is 0 Å². The Labute approximate surface area is 153 Å². The number of rotatable bonds is 7. The average Bonchev–Trinajstić information content (AvgIpc) is 2.60. The van der Waals surface area contributed by atoms with Gasteiger partial charge in [0.1, 0.15) is 0 Å². The van der Waals surface area contributed by atoms with E-state index >= 15 is 0 Å². The number of esters is 1. The zero-order chi connectivity index (χ0) is 19.3. The maximum atomic E-state index is 12.4. The van der Waals surface area contributed by atoms with Crippen LogP contribution in [0.1, 0.15) is 45.2 Å². The highest BCUT2D eigenvalue weighted by molar-refractivity contribution is 5.95. The molecule has 1 aromatic carbocycles. The Hall–Kier alpha value is -2.70. The van der Waals surface area contributed by atoms with Crippen molar-refractivity contribution in [3.05, 3.63) is 35.0 Å². The summed E-state index contributed by atoms with van der Waals surface area (Å²) in [6.45, 7) is 5.81. The first-order chi connectivity index (χ1) is 12.4. The first-order valence-electron chi connectivity index (χ1n) is 8.64. The minimum Gasteiger partial charge on any atom is -0.493 e. The molecular formula is C19H26N2O5. The number of methoxy groups -OCH3 is 2. The Morgan fingerprint density at radius 1 is 1.23 bits per heavy atom. The van der Waals surface area contributed by atoms with E-state index in [1.54, 1.807) is 25.3 Å². The molecule has 2 rings (SSSR count). The molecule has 26 heavy (non-hydrogen) atoms.